The highest BCUT2D eigenvalue weighted by Gasteiger charge is 2.36. The Morgan fingerprint density at radius 1 is 1.46 bits per heavy atom. The van der Waals surface area contributed by atoms with Gasteiger partial charge in [-0.05, 0) is 12.1 Å². The quantitative estimate of drug-likeness (QED) is 0.880. The number of morpholine rings is 1. The third-order valence-electron chi connectivity index (χ3n) is 4.57. The molecule has 24 heavy (non-hydrogen) atoms. The molecule has 0 radical (unpaired) electrons. The number of halogens is 1. The summed E-state index contributed by atoms with van der Waals surface area (Å²) in [6, 6.07) is 4.66. The van der Waals surface area contributed by atoms with Gasteiger partial charge in [-0.1, -0.05) is 0 Å². The summed E-state index contributed by atoms with van der Waals surface area (Å²) in [6.45, 7) is 2.39. The minimum Gasteiger partial charge on any atom is -0.495 e. The topological polar surface area (TPSA) is 86.0 Å². The molecule has 7 nitrogen and oxygen atoms in total. The number of hydrogen-bond acceptors (Lipinski definition) is 5. The Labute approximate surface area is 138 Å². The Kier molecular flexibility index (Phi) is 4.55. The predicted octanol–water partition coefficient (Wildman–Crippen LogP) is 1.44. The van der Waals surface area contributed by atoms with Gasteiger partial charge in [0.05, 0.1) is 25.9 Å². The van der Waals surface area contributed by atoms with Crippen molar-refractivity contribution < 1.29 is 23.8 Å². The SMILES string of the molecule is COc1c(C2CN3CCN(C(=O)O)C[C@H]3CO2)ccc(F)c1C#N. The van der Waals surface area contributed by atoms with Crippen molar-refractivity contribution in [3.05, 3.63) is 29.1 Å². The van der Waals surface area contributed by atoms with Crippen LogP contribution in [0.3, 0.4) is 0 Å². The first-order valence-electron chi connectivity index (χ1n) is 7.65. The van der Waals surface area contributed by atoms with Gasteiger partial charge in [0.1, 0.15) is 23.2 Å². The molecule has 0 aliphatic carbocycles. The number of fused-ring (bicyclic) bond motifs is 1. The Bertz CT molecular complexity index is 691. The number of carboxylic acid groups (broad SMARTS) is 1. The number of piperazine rings is 1. The van der Waals surface area contributed by atoms with Gasteiger partial charge in [0, 0.05) is 31.7 Å². The molecule has 8 heteroatoms. The number of ether oxygens (including phenoxy) is 2. The lowest BCUT2D eigenvalue weighted by Crippen LogP contribution is -2.59. The summed E-state index contributed by atoms with van der Waals surface area (Å²) < 4.78 is 24.9. The number of nitriles is 1. The molecule has 1 amide bonds. The molecule has 1 N–H and O–H groups in total. The van der Waals surface area contributed by atoms with Crippen LogP contribution in [0.1, 0.15) is 17.2 Å². The molecule has 2 heterocycles. The van der Waals surface area contributed by atoms with E-state index in [-0.39, 0.29) is 23.5 Å². The fraction of sp³-hybridized carbons (Fsp3) is 0.500. The van der Waals surface area contributed by atoms with Crippen LogP contribution in [0.25, 0.3) is 0 Å². The fourth-order valence-electron chi connectivity index (χ4n) is 3.30. The fourth-order valence-corrected chi connectivity index (χ4v) is 3.30. The number of rotatable bonds is 2. The Morgan fingerprint density at radius 2 is 2.25 bits per heavy atom. The van der Waals surface area contributed by atoms with Crippen LogP contribution in [0.5, 0.6) is 5.75 Å². The number of hydrogen-bond donors (Lipinski definition) is 1. The van der Waals surface area contributed by atoms with E-state index >= 15 is 0 Å². The van der Waals surface area contributed by atoms with Gasteiger partial charge in [0.25, 0.3) is 0 Å². The van der Waals surface area contributed by atoms with Crippen LogP contribution in [-0.4, -0.2) is 66.9 Å². The van der Waals surface area contributed by atoms with Gasteiger partial charge in [-0.15, -0.1) is 0 Å². The molecule has 1 aromatic carbocycles. The number of benzene rings is 1. The first kappa shape index (κ1) is 16.5. The van der Waals surface area contributed by atoms with Crippen LogP contribution in [0.2, 0.25) is 0 Å². The summed E-state index contributed by atoms with van der Waals surface area (Å²) in [5.41, 5.74) is 0.506. The number of amides is 1. The lowest BCUT2D eigenvalue weighted by atomic mass is 10.0. The van der Waals surface area contributed by atoms with E-state index in [2.05, 4.69) is 4.90 Å². The number of carbonyl (C=O) groups is 1. The third-order valence-corrected chi connectivity index (χ3v) is 4.57. The van der Waals surface area contributed by atoms with Gasteiger partial charge in [-0.2, -0.15) is 5.26 Å². The van der Waals surface area contributed by atoms with E-state index in [0.717, 1.165) is 0 Å². The zero-order valence-electron chi connectivity index (χ0n) is 13.2. The Balaban J connectivity index is 1.80. The normalized spacial score (nSPS) is 24.1. The van der Waals surface area contributed by atoms with E-state index in [1.807, 2.05) is 6.07 Å². The molecule has 3 rings (SSSR count). The van der Waals surface area contributed by atoms with Crippen molar-refractivity contribution in [1.82, 2.24) is 9.80 Å². The molecular weight excluding hydrogens is 317 g/mol. The number of nitrogens with zero attached hydrogens (tertiary/aromatic N) is 3. The van der Waals surface area contributed by atoms with Crippen molar-refractivity contribution in [2.75, 3.05) is 39.9 Å². The monoisotopic (exact) mass is 335 g/mol. The second-order valence-electron chi connectivity index (χ2n) is 5.86. The maximum Gasteiger partial charge on any atom is 0.407 e. The van der Waals surface area contributed by atoms with Crippen molar-refractivity contribution in [3.8, 4) is 11.8 Å². The lowest BCUT2D eigenvalue weighted by Gasteiger charge is -2.45. The van der Waals surface area contributed by atoms with Gasteiger partial charge >= 0.3 is 6.09 Å². The van der Waals surface area contributed by atoms with E-state index in [1.165, 1.54) is 18.1 Å². The van der Waals surface area contributed by atoms with E-state index in [0.29, 0.717) is 38.3 Å². The molecule has 2 aliphatic heterocycles. The molecular formula is C16H18FN3O4. The first-order chi connectivity index (χ1) is 11.5. The molecule has 0 saturated carbocycles. The van der Waals surface area contributed by atoms with Crippen LogP contribution < -0.4 is 4.74 Å². The third kappa shape index (κ3) is 2.88. The van der Waals surface area contributed by atoms with Gasteiger partial charge in [0.15, 0.2) is 0 Å². The zero-order valence-corrected chi connectivity index (χ0v) is 13.2. The highest BCUT2D eigenvalue weighted by molar-refractivity contribution is 5.65. The van der Waals surface area contributed by atoms with Crippen molar-refractivity contribution in [2.24, 2.45) is 0 Å². The predicted molar refractivity (Wildman–Crippen MR) is 81.3 cm³/mol. The maximum atomic E-state index is 13.8. The molecule has 2 aliphatic rings. The zero-order chi connectivity index (χ0) is 17.3. The van der Waals surface area contributed by atoms with Crippen LogP contribution in [0.15, 0.2) is 12.1 Å². The highest BCUT2D eigenvalue weighted by atomic mass is 19.1. The number of methoxy groups -OCH3 is 1. The van der Waals surface area contributed by atoms with Crippen LogP contribution in [0, 0.1) is 17.1 Å². The van der Waals surface area contributed by atoms with Crippen LogP contribution >= 0.6 is 0 Å². The van der Waals surface area contributed by atoms with E-state index in [1.54, 1.807) is 6.07 Å². The molecule has 1 aromatic rings. The molecule has 0 aromatic heterocycles. The second-order valence-corrected chi connectivity index (χ2v) is 5.86. The van der Waals surface area contributed by atoms with Crippen molar-refractivity contribution in [2.45, 2.75) is 12.1 Å². The average molecular weight is 335 g/mol. The smallest absolute Gasteiger partial charge is 0.407 e. The second kappa shape index (κ2) is 6.63. The molecule has 2 saturated heterocycles. The molecule has 2 fully saturated rings. The van der Waals surface area contributed by atoms with Crippen molar-refractivity contribution >= 4 is 6.09 Å². The van der Waals surface area contributed by atoms with E-state index in [4.69, 9.17) is 19.8 Å². The van der Waals surface area contributed by atoms with Gasteiger partial charge in [0.2, 0.25) is 0 Å². The molecule has 0 bridgehead atoms. The maximum absolute atomic E-state index is 13.8. The molecule has 1 unspecified atom stereocenters. The van der Waals surface area contributed by atoms with Crippen molar-refractivity contribution in [1.29, 1.82) is 5.26 Å². The minimum atomic E-state index is -0.921. The molecule has 0 spiro atoms. The van der Waals surface area contributed by atoms with Crippen LogP contribution in [-0.2, 0) is 4.74 Å². The summed E-state index contributed by atoms with van der Waals surface area (Å²) in [7, 11) is 1.40. The Hall–Kier alpha value is -2.37. The lowest BCUT2D eigenvalue weighted by molar-refractivity contribution is -0.0872. The summed E-state index contributed by atoms with van der Waals surface area (Å²) in [6.07, 6.45) is -1.27. The summed E-state index contributed by atoms with van der Waals surface area (Å²) in [5.74, 6) is -0.424. The van der Waals surface area contributed by atoms with Crippen molar-refractivity contribution in [3.63, 3.8) is 0 Å². The van der Waals surface area contributed by atoms with Gasteiger partial charge in [-0.3, -0.25) is 4.90 Å². The largest absolute Gasteiger partial charge is 0.495 e. The van der Waals surface area contributed by atoms with Gasteiger partial charge in [-0.25, -0.2) is 9.18 Å². The average Bonchev–Trinajstić information content (AvgIpc) is 2.60. The Morgan fingerprint density at radius 3 is 2.92 bits per heavy atom. The summed E-state index contributed by atoms with van der Waals surface area (Å²) in [4.78, 5) is 14.6. The highest BCUT2D eigenvalue weighted by Crippen LogP contribution is 2.35. The molecule has 128 valence electrons. The molecule has 2 atom stereocenters. The van der Waals surface area contributed by atoms with Crippen LogP contribution in [0.4, 0.5) is 9.18 Å². The minimum absolute atomic E-state index is 0.00739. The standard InChI is InChI=1S/C16H18FN3O4/c1-23-15-11(2-3-13(17)12(15)6-18)14-8-19-4-5-20(16(21)22)7-10(19)9-24-14/h2-3,10,14H,4-5,7-9H2,1H3,(H,21,22)/t10-,14?/m0/s1. The van der Waals surface area contributed by atoms with Gasteiger partial charge < -0.3 is 19.5 Å². The first-order valence-corrected chi connectivity index (χ1v) is 7.65. The summed E-state index contributed by atoms with van der Waals surface area (Å²) >= 11 is 0. The van der Waals surface area contributed by atoms with E-state index < -0.39 is 11.9 Å². The summed E-state index contributed by atoms with van der Waals surface area (Å²) in [5, 5.41) is 18.2. The van der Waals surface area contributed by atoms with E-state index in [9.17, 15) is 9.18 Å².